The number of urea groups is 1. The molecule has 0 bridgehead atoms. The summed E-state index contributed by atoms with van der Waals surface area (Å²) in [4.78, 5) is 9.00. The highest BCUT2D eigenvalue weighted by molar-refractivity contribution is 7.79. The zero-order chi connectivity index (χ0) is 15.4. The number of hydrogen-bond donors (Lipinski definition) is 8. The first-order chi connectivity index (χ1) is 7.97. The standard InChI is InChI=1S/C4H12O4P.CH4N2O.H2O4S/c5-1-9(2-6,3-7)4-8;2-1(3)4;1-5(2,3)4/h5-8H,1-4H2;(H4,2,3,4);(H2,1,2,3,4)/q+1;;. The van der Waals surface area contributed by atoms with E-state index in [0.29, 0.717) is 0 Å². The van der Waals surface area contributed by atoms with Crippen LogP contribution in [0.4, 0.5) is 4.79 Å². The van der Waals surface area contributed by atoms with Crippen LogP contribution >= 0.6 is 7.26 Å². The van der Waals surface area contributed by atoms with Crippen LogP contribution in [-0.4, -0.2) is 69.4 Å². The van der Waals surface area contributed by atoms with Crippen LogP contribution in [0.1, 0.15) is 0 Å². The first kappa shape index (κ1) is 22.6. The molecule has 0 saturated heterocycles. The molecule has 2 amide bonds. The molecule has 0 unspecified atom stereocenters. The lowest BCUT2D eigenvalue weighted by atomic mass is 11.2. The van der Waals surface area contributed by atoms with E-state index in [1.807, 2.05) is 0 Å². The second-order valence-corrected chi connectivity index (χ2v) is 7.47. The van der Waals surface area contributed by atoms with Crippen molar-refractivity contribution in [1.29, 1.82) is 0 Å². The number of carbonyl (C=O) groups excluding carboxylic acids is 1. The fourth-order valence-corrected chi connectivity index (χ4v) is 0.805. The summed E-state index contributed by atoms with van der Waals surface area (Å²) >= 11 is 0. The van der Waals surface area contributed by atoms with E-state index in [-0.39, 0.29) is 25.4 Å². The predicted octanol–water partition coefficient (Wildman–Crippen LogP) is -2.83. The number of nitrogens with two attached hydrogens (primary N) is 2. The third-order valence-electron chi connectivity index (χ3n) is 1.20. The van der Waals surface area contributed by atoms with E-state index in [9.17, 15) is 0 Å². The lowest BCUT2D eigenvalue weighted by Crippen LogP contribution is -2.18. The maximum Gasteiger partial charge on any atom is 0.394 e. The molecule has 0 radical (unpaired) electrons. The molecule has 0 aromatic carbocycles. The quantitative estimate of drug-likeness (QED) is 0.197. The fourth-order valence-electron chi connectivity index (χ4n) is 0.268. The molecule has 0 atom stereocenters. The van der Waals surface area contributed by atoms with Crippen LogP contribution in [0.15, 0.2) is 0 Å². The van der Waals surface area contributed by atoms with Gasteiger partial charge in [-0.05, 0) is 0 Å². The smallest absolute Gasteiger partial charge is 0.361 e. The van der Waals surface area contributed by atoms with Crippen LogP contribution in [-0.2, 0) is 10.4 Å². The number of amides is 2. The molecule has 18 heavy (non-hydrogen) atoms. The summed E-state index contributed by atoms with van der Waals surface area (Å²) in [5.74, 6) is 0. The van der Waals surface area contributed by atoms with E-state index < -0.39 is 23.7 Å². The zero-order valence-electron chi connectivity index (χ0n) is 9.25. The maximum absolute atomic E-state index is 9.00. The number of primary amides is 2. The van der Waals surface area contributed by atoms with Crippen LogP contribution in [0.25, 0.3) is 0 Å². The monoisotopic (exact) mass is 313 g/mol. The number of hydrogen-bond acceptors (Lipinski definition) is 7. The van der Waals surface area contributed by atoms with E-state index in [0.717, 1.165) is 0 Å². The Bertz CT molecular complexity index is 275. The Hall–Kier alpha value is -0.590. The van der Waals surface area contributed by atoms with Crippen molar-refractivity contribution in [3.05, 3.63) is 0 Å². The van der Waals surface area contributed by atoms with Crippen molar-refractivity contribution >= 4 is 23.7 Å². The molecule has 112 valence electrons. The minimum Gasteiger partial charge on any atom is -0.361 e. The Morgan fingerprint density at radius 2 is 1.00 bits per heavy atom. The average Bonchev–Trinajstić information content (AvgIpc) is 2.19. The summed E-state index contributed by atoms with van der Waals surface area (Å²) < 4.78 is 31.6. The summed E-state index contributed by atoms with van der Waals surface area (Å²) in [7, 11) is -6.86. The van der Waals surface area contributed by atoms with Crippen molar-refractivity contribution in [1.82, 2.24) is 0 Å². The Morgan fingerprint density at radius 1 is 0.889 bits per heavy atom. The fraction of sp³-hybridized carbons (Fsp3) is 0.800. The van der Waals surface area contributed by atoms with Crippen LogP contribution in [0.3, 0.4) is 0 Å². The van der Waals surface area contributed by atoms with Gasteiger partial charge in [0.2, 0.25) is 0 Å². The minimum absolute atomic E-state index is 0.295. The van der Waals surface area contributed by atoms with Gasteiger partial charge in [-0.1, -0.05) is 0 Å². The van der Waals surface area contributed by atoms with Gasteiger partial charge in [-0.15, -0.1) is 0 Å². The number of rotatable bonds is 4. The number of aliphatic hydroxyl groups excluding tert-OH is 4. The Labute approximate surface area is 104 Å². The summed E-state index contributed by atoms with van der Waals surface area (Å²) in [6.45, 7) is 0. The third-order valence-corrected chi connectivity index (χ3v) is 3.60. The second kappa shape index (κ2) is 11.5. The lowest BCUT2D eigenvalue weighted by molar-refractivity contribution is 0.256. The lowest BCUT2D eigenvalue weighted by Gasteiger charge is -2.15. The van der Waals surface area contributed by atoms with Gasteiger partial charge in [0.15, 0.2) is 25.4 Å². The Kier molecular flexibility index (Phi) is 14.4. The molecule has 0 aliphatic heterocycles. The van der Waals surface area contributed by atoms with Crippen molar-refractivity contribution in [2.75, 3.05) is 25.4 Å². The van der Waals surface area contributed by atoms with Gasteiger partial charge in [0.1, 0.15) is 7.26 Å². The van der Waals surface area contributed by atoms with Crippen LogP contribution < -0.4 is 11.5 Å². The zero-order valence-corrected chi connectivity index (χ0v) is 11.0. The molecule has 0 rings (SSSR count). The van der Waals surface area contributed by atoms with Gasteiger partial charge in [0.25, 0.3) is 0 Å². The highest BCUT2D eigenvalue weighted by atomic mass is 32.3. The molecule has 10 N–H and O–H groups in total. The van der Waals surface area contributed by atoms with E-state index in [1.165, 1.54) is 0 Å². The summed E-state index contributed by atoms with van der Waals surface area (Å²) in [6.07, 6.45) is -1.18. The van der Waals surface area contributed by atoms with Gasteiger partial charge in [0, 0.05) is 0 Å². The van der Waals surface area contributed by atoms with Crippen LogP contribution in [0.2, 0.25) is 0 Å². The van der Waals surface area contributed by atoms with Gasteiger partial charge in [-0.2, -0.15) is 8.42 Å². The second-order valence-electron chi connectivity index (χ2n) is 2.76. The Balaban J connectivity index is -0.000000212. The molecule has 0 saturated carbocycles. The van der Waals surface area contributed by atoms with Gasteiger partial charge >= 0.3 is 16.4 Å². The molecular formula is C5H18N2O9PS+. The molecular weight excluding hydrogens is 295 g/mol. The van der Waals surface area contributed by atoms with Gasteiger partial charge in [-0.3, -0.25) is 9.11 Å². The summed E-state index contributed by atoms with van der Waals surface area (Å²) in [6, 6.07) is -0.833. The average molecular weight is 313 g/mol. The minimum atomic E-state index is -4.67. The molecule has 0 fully saturated rings. The first-order valence-corrected chi connectivity index (χ1v) is 7.94. The first-order valence-electron chi connectivity index (χ1n) is 4.01. The van der Waals surface area contributed by atoms with E-state index >= 15 is 0 Å². The van der Waals surface area contributed by atoms with E-state index in [4.69, 9.17) is 42.7 Å². The molecule has 0 aliphatic rings. The van der Waals surface area contributed by atoms with Crippen molar-refractivity contribution in [2.24, 2.45) is 11.5 Å². The van der Waals surface area contributed by atoms with Gasteiger partial charge in [-0.25, -0.2) is 4.79 Å². The van der Waals surface area contributed by atoms with Crippen molar-refractivity contribution < 1.29 is 42.7 Å². The molecule has 0 aromatic heterocycles. The highest BCUT2D eigenvalue weighted by Crippen LogP contribution is 2.54. The summed E-state index contributed by atoms with van der Waals surface area (Å²) in [5.41, 5.74) is 8.50. The van der Waals surface area contributed by atoms with Crippen LogP contribution in [0.5, 0.6) is 0 Å². The van der Waals surface area contributed by atoms with Crippen LogP contribution in [0, 0.1) is 0 Å². The third kappa shape index (κ3) is 24.6. The normalized spacial score (nSPS) is 10.6. The molecule has 0 spiro atoms. The summed E-state index contributed by atoms with van der Waals surface area (Å²) in [5, 5.41) is 34.2. The van der Waals surface area contributed by atoms with E-state index in [1.54, 1.807) is 0 Å². The topological polar surface area (TPSA) is 225 Å². The molecule has 0 aliphatic carbocycles. The number of aliphatic hydroxyl groups is 4. The number of carbonyl (C=O) groups is 1. The molecule has 0 aromatic rings. The molecule has 0 heterocycles. The van der Waals surface area contributed by atoms with E-state index in [2.05, 4.69) is 11.5 Å². The van der Waals surface area contributed by atoms with Gasteiger partial charge < -0.3 is 31.9 Å². The molecule has 11 nitrogen and oxygen atoms in total. The van der Waals surface area contributed by atoms with Crippen molar-refractivity contribution in [3.8, 4) is 0 Å². The molecule has 13 heteroatoms. The maximum atomic E-state index is 9.00. The predicted molar refractivity (Wildman–Crippen MR) is 63.2 cm³/mol. The highest BCUT2D eigenvalue weighted by Gasteiger charge is 2.34. The van der Waals surface area contributed by atoms with Gasteiger partial charge in [0.05, 0.1) is 0 Å². The van der Waals surface area contributed by atoms with Crippen molar-refractivity contribution in [3.63, 3.8) is 0 Å². The SMILES string of the molecule is NC(N)=O.O=S(=O)(O)O.OC[P+](CO)(CO)CO. The van der Waals surface area contributed by atoms with Crippen molar-refractivity contribution in [2.45, 2.75) is 0 Å². The Morgan fingerprint density at radius 3 is 1.00 bits per heavy atom. The largest absolute Gasteiger partial charge is 0.394 e.